The summed E-state index contributed by atoms with van der Waals surface area (Å²) in [4.78, 5) is 26.5. The van der Waals surface area contributed by atoms with Crippen molar-refractivity contribution < 1.29 is 22.9 Å². The predicted octanol–water partition coefficient (Wildman–Crippen LogP) is 4.17. The van der Waals surface area contributed by atoms with E-state index in [1.165, 1.54) is 36.4 Å². The SMILES string of the molecule is O=C(CCC(=O)N1CCc2noc(-c3ccc(F)cc3)c2C1)c1ccc(F)cc1. The molecule has 1 aliphatic heterocycles. The first-order chi connectivity index (χ1) is 14.0. The molecule has 7 heteroatoms. The van der Waals surface area contributed by atoms with E-state index in [1.807, 2.05) is 0 Å². The molecule has 0 spiro atoms. The van der Waals surface area contributed by atoms with E-state index in [1.54, 1.807) is 17.0 Å². The Balaban J connectivity index is 1.42. The highest BCUT2D eigenvalue weighted by atomic mass is 19.1. The van der Waals surface area contributed by atoms with Crippen molar-refractivity contribution in [2.24, 2.45) is 0 Å². The summed E-state index contributed by atoms with van der Waals surface area (Å²) >= 11 is 0. The van der Waals surface area contributed by atoms with Crippen LogP contribution in [0.5, 0.6) is 0 Å². The van der Waals surface area contributed by atoms with Gasteiger partial charge in [-0.1, -0.05) is 5.16 Å². The number of rotatable bonds is 5. The van der Waals surface area contributed by atoms with Gasteiger partial charge >= 0.3 is 0 Å². The Bertz CT molecular complexity index is 1040. The van der Waals surface area contributed by atoms with Crippen LogP contribution in [0, 0.1) is 11.6 Å². The van der Waals surface area contributed by atoms with Crippen LogP contribution >= 0.6 is 0 Å². The zero-order valence-corrected chi connectivity index (χ0v) is 15.5. The van der Waals surface area contributed by atoms with Crippen LogP contribution in [0.3, 0.4) is 0 Å². The molecule has 4 rings (SSSR count). The Kier molecular flexibility index (Phi) is 5.20. The van der Waals surface area contributed by atoms with Crippen LogP contribution in [0.25, 0.3) is 11.3 Å². The molecule has 0 N–H and O–H groups in total. The molecule has 2 aromatic carbocycles. The molecule has 29 heavy (non-hydrogen) atoms. The fourth-order valence-electron chi connectivity index (χ4n) is 3.41. The molecule has 2 heterocycles. The number of amides is 1. The Hall–Kier alpha value is -3.35. The van der Waals surface area contributed by atoms with Gasteiger partial charge in [0.2, 0.25) is 5.91 Å². The highest BCUT2D eigenvalue weighted by molar-refractivity contribution is 5.97. The summed E-state index contributed by atoms with van der Waals surface area (Å²) in [6, 6.07) is 11.2. The zero-order valence-electron chi connectivity index (χ0n) is 15.5. The van der Waals surface area contributed by atoms with Gasteiger partial charge in [-0.15, -0.1) is 0 Å². The highest BCUT2D eigenvalue weighted by Gasteiger charge is 2.27. The van der Waals surface area contributed by atoms with Crippen LogP contribution in [-0.2, 0) is 17.8 Å². The maximum atomic E-state index is 13.2. The topological polar surface area (TPSA) is 63.4 Å². The summed E-state index contributed by atoms with van der Waals surface area (Å²) in [5.74, 6) is -0.567. The average molecular weight is 396 g/mol. The molecule has 0 fully saturated rings. The minimum Gasteiger partial charge on any atom is -0.356 e. The second-order valence-corrected chi connectivity index (χ2v) is 6.94. The van der Waals surface area contributed by atoms with Gasteiger partial charge in [0.1, 0.15) is 11.6 Å². The second-order valence-electron chi connectivity index (χ2n) is 6.94. The lowest BCUT2D eigenvalue weighted by Crippen LogP contribution is -2.36. The molecule has 0 radical (unpaired) electrons. The molecule has 3 aromatic rings. The van der Waals surface area contributed by atoms with Crippen molar-refractivity contribution in [1.82, 2.24) is 10.1 Å². The van der Waals surface area contributed by atoms with Crippen molar-refractivity contribution in [3.05, 3.63) is 77.0 Å². The van der Waals surface area contributed by atoms with Crippen molar-refractivity contribution in [1.29, 1.82) is 0 Å². The first-order valence-corrected chi connectivity index (χ1v) is 9.31. The van der Waals surface area contributed by atoms with E-state index >= 15 is 0 Å². The Labute approximate surface area is 165 Å². The molecule has 0 aliphatic carbocycles. The molecular weight excluding hydrogens is 378 g/mol. The van der Waals surface area contributed by atoms with Crippen molar-refractivity contribution in [3.8, 4) is 11.3 Å². The van der Waals surface area contributed by atoms with E-state index in [2.05, 4.69) is 5.16 Å². The maximum absolute atomic E-state index is 13.2. The normalized spacial score (nSPS) is 13.2. The first kappa shape index (κ1) is 19.0. The molecule has 1 aliphatic rings. The van der Waals surface area contributed by atoms with Crippen LogP contribution in [0.2, 0.25) is 0 Å². The van der Waals surface area contributed by atoms with Crippen LogP contribution in [-0.4, -0.2) is 28.3 Å². The van der Waals surface area contributed by atoms with Gasteiger partial charge in [0.15, 0.2) is 11.5 Å². The number of ketones is 1. The number of carbonyl (C=O) groups excluding carboxylic acids is 2. The number of hydrogen-bond donors (Lipinski definition) is 0. The van der Waals surface area contributed by atoms with E-state index in [9.17, 15) is 18.4 Å². The molecule has 148 valence electrons. The monoisotopic (exact) mass is 396 g/mol. The number of hydrogen-bond acceptors (Lipinski definition) is 4. The quantitative estimate of drug-likeness (QED) is 0.608. The number of halogens is 2. The molecular formula is C22H18F2N2O3. The second kappa shape index (κ2) is 7.95. The third kappa shape index (κ3) is 4.08. The van der Waals surface area contributed by atoms with Gasteiger partial charge in [-0.2, -0.15) is 0 Å². The largest absolute Gasteiger partial charge is 0.356 e. The molecule has 0 bridgehead atoms. The zero-order chi connectivity index (χ0) is 20.4. The average Bonchev–Trinajstić information content (AvgIpc) is 3.16. The van der Waals surface area contributed by atoms with Crippen molar-refractivity contribution in [2.75, 3.05) is 6.54 Å². The fourth-order valence-corrected chi connectivity index (χ4v) is 3.41. The highest BCUT2D eigenvalue weighted by Crippen LogP contribution is 2.31. The number of fused-ring (bicyclic) bond motifs is 1. The fraction of sp³-hybridized carbons (Fsp3) is 0.227. The van der Waals surface area contributed by atoms with Gasteiger partial charge in [-0.25, -0.2) is 8.78 Å². The van der Waals surface area contributed by atoms with Crippen LogP contribution in [0.15, 0.2) is 53.1 Å². The van der Waals surface area contributed by atoms with Crippen molar-refractivity contribution >= 4 is 11.7 Å². The first-order valence-electron chi connectivity index (χ1n) is 9.31. The Morgan fingerprint density at radius 3 is 2.31 bits per heavy atom. The molecule has 0 saturated heterocycles. The third-order valence-corrected chi connectivity index (χ3v) is 5.03. The number of benzene rings is 2. The summed E-state index contributed by atoms with van der Waals surface area (Å²) in [6.45, 7) is 0.821. The lowest BCUT2D eigenvalue weighted by molar-refractivity contribution is -0.132. The number of carbonyl (C=O) groups is 2. The van der Waals surface area contributed by atoms with E-state index in [0.29, 0.717) is 36.4 Å². The van der Waals surface area contributed by atoms with Crippen molar-refractivity contribution in [2.45, 2.75) is 25.8 Å². The molecule has 0 saturated carbocycles. The smallest absolute Gasteiger partial charge is 0.223 e. The van der Waals surface area contributed by atoms with E-state index in [-0.39, 0.29) is 30.3 Å². The van der Waals surface area contributed by atoms with Gasteiger partial charge in [-0.3, -0.25) is 9.59 Å². The van der Waals surface area contributed by atoms with Crippen molar-refractivity contribution in [3.63, 3.8) is 0 Å². The minimum absolute atomic E-state index is 0.0578. The standard InChI is InChI=1S/C22H18F2N2O3/c23-16-5-1-14(2-6-16)20(27)9-10-21(28)26-12-11-19-18(13-26)22(29-25-19)15-3-7-17(24)8-4-15/h1-8H,9-13H2. The van der Waals surface area contributed by atoms with Gasteiger partial charge in [-0.05, 0) is 48.5 Å². The van der Waals surface area contributed by atoms with Gasteiger partial charge in [0, 0.05) is 42.5 Å². The number of Topliss-reactive ketones (excluding diaryl/α,β-unsaturated/α-hetero) is 1. The van der Waals surface area contributed by atoms with E-state index in [0.717, 1.165) is 11.3 Å². The summed E-state index contributed by atoms with van der Waals surface area (Å²) in [7, 11) is 0. The molecule has 1 amide bonds. The van der Waals surface area contributed by atoms with Gasteiger partial charge in [0.25, 0.3) is 0 Å². The van der Waals surface area contributed by atoms with E-state index in [4.69, 9.17) is 4.52 Å². The maximum Gasteiger partial charge on any atom is 0.223 e. The Morgan fingerprint density at radius 2 is 1.62 bits per heavy atom. The summed E-state index contributed by atoms with van der Waals surface area (Å²) in [6.07, 6.45) is 0.683. The molecule has 1 aromatic heterocycles. The van der Waals surface area contributed by atoms with Crippen LogP contribution in [0.4, 0.5) is 8.78 Å². The minimum atomic E-state index is -0.410. The predicted molar refractivity (Wildman–Crippen MR) is 101 cm³/mol. The van der Waals surface area contributed by atoms with Crippen LogP contribution < -0.4 is 0 Å². The Morgan fingerprint density at radius 1 is 0.966 bits per heavy atom. The number of nitrogens with zero attached hydrogens (tertiary/aromatic N) is 2. The molecule has 0 unspecified atom stereocenters. The third-order valence-electron chi connectivity index (χ3n) is 5.03. The van der Waals surface area contributed by atoms with Crippen LogP contribution in [0.1, 0.15) is 34.5 Å². The van der Waals surface area contributed by atoms with Gasteiger partial charge < -0.3 is 9.42 Å². The number of aromatic nitrogens is 1. The van der Waals surface area contributed by atoms with E-state index < -0.39 is 5.82 Å². The lowest BCUT2D eigenvalue weighted by Gasteiger charge is -2.26. The summed E-state index contributed by atoms with van der Waals surface area (Å²) < 4.78 is 31.6. The van der Waals surface area contributed by atoms with Gasteiger partial charge in [0.05, 0.1) is 12.2 Å². The molecule has 0 atom stereocenters. The lowest BCUT2D eigenvalue weighted by atomic mass is 10.0. The summed E-state index contributed by atoms with van der Waals surface area (Å²) in [5, 5.41) is 4.08. The molecule has 5 nitrogen and oxygen atoms in total. The summed E-state index contributed by atoms with van der Waals surface area (Å²) in [5.41, 5.74) is 2.68.